The van der Waals surface area contributed by atoms with Gasteiger partial charge < -0.3 is 15.2 Å². The number of rotatable bonds is 7. The van der Waals surface area contributed by atoms with E-state index in [1.165, 1.54) is 0 Å². The number of carbonyl (C=O) groups is 1. The van der Waals surface area contributed by atoms with E-state index in [1.807, 2.05) is 91.0 Å². The molecule has 4 heteroatoms. The highest BCUT2D eigenvalue weighted by molar-refractivity contribution is 5.89. The van der Waals surface area contributed by atoms with Gasteiger partial charge in [0.25, 0.3) is 5.91 Å². The van der Waals surface area contributed by atoms with Gasteiger partial charge in [-0.05, 0) is 34.5 Å². The van der Waals surface area contributed by atoms with Gasteiger partial charge in [0.05, 0.1) is 6.04 Å². The fourth-order valence-electron chi connectivity index (χ4n) is 3.48. The average molecular weight is 409 g/mol. The zero-order valence-corrected chi connectivity index (χ0v) is 16.9. The SMILES string of the molecule is O=C(COc1ccccc1)NC(C=Cc1ccccc1)c1c(O)ccc2ccccc12. The number of para-hydroxylation sites is 1. The van der Waals surface area contributed by atoms with Crippen molar-refractivity contribution in [1.29, 1.82) is 0 Å². The van der Waals surface area contributed by atoms with Crippen LogP contribution >= 0.6 is 0 Å². The van der Waals surface area contributed by atoms with Gasteiger partial charge in [-0.15, -0.1) is 0 Å². The van der Waals surface area contributed by atoms with Crippen LogP contribution in [0.15, 0.2) is 103 Å². The van der Waals surface area contributed by atoms with Crippen LogP contribution in [-0.2, 0) is 4.79 Å². The monoisotopic (exact) mass is 409 g/mol. The van der Waals surface area contributed by atoms with Crippen molar-refractivity contribution >= 4 is 22.8 Å². The van der Waals surface area contributed by atoms with Crippen LogP contribution in [0, 0.1) is 0 Å². The molecule has 0 heterocycles. The van der Waals surface area contributed by atoms with E-state index in [1.54, 1.807) is 18.2 Å². The molecule has 2 N–H and O–H groups in total. The molecule has 1 amide bonds. The molecule has 0 aliphatic carbocycles. The van der Waals surface area contributed by atoms with Crippen molar-refractivity contribution in [2.45, 2.75) is 6.04 Å². The van der Waals surface area contributed by atoms with Gasteiger partial charge in [0, 0.05) is 5.56 Å². The summed E-state index contributed by atoms with van der Waals surface area (Å²) in [5.41, 5.74) is 1.65. The lowest BCUT2D eigenvalue weighted by Gasteiger charge is -2.19. The molecule has 0 aliphatic heterocycles. The first-order valence-corrected chi connectivity index (χ1v) is 10.1. The molecule has 0 fully saturated rings. The molecule has 4 aromatic carbocycles. The normalized spacial score (nSPS) is 12.0. The van der Waals surface area contributed by atoms with Gasteiger partial charge in [-0.3, -0.25) is 4.79 Å². The lowest BCUT2D eigenvalue weighted by atomic mass is 9.96. The third kappa shape index (κ3) is 5.11. The van der Waals surface area contributed by atoms with Crippen LogP contribution < -0.4 is 10.1 Å². The molecular formula is C27H23NO3. The van der Waals surface area contributed by atoms with Crippen LogP contribution in [0.25, 0.3) is 16.8 Å². The zero-order chi connectivity index (χ0) is 21.5. The molecule has 4 nitrogen and oxygen atoms in total. The molecule has 0 aromatic heterocycles. The molecule has 1 atom stereocenters. The van der Waals surface area contributed by atoms with E-state index in [9.17, 15) is 9.90 Å². The summed E-state index contributed by atoms with van der Waals surface area (Å²) in [7, 11) is 0. The Morgan fingerprint density at radius 1 is 0.871 bits per heavy atom. The summed E-state index contributed by atoms with van der Waals surface area (Å²) < 4.78 is 5.59. The van der Waals surface area contributed by atoms with Crippen LogP contribution in [0.3, 0.4) is 0 Å². The number of phenolic OH excluding ortho intramolecular Hbond substituents is 1. The molecule has 0 radical (unpaired) electrons. The maximum absolute atomic E-state index is 12.7. The Bertz CT molecular complexity index is 1190. The highest BCUT2D eigenvalue weighted by Crippen LogP contribution is 2.33. The number of ether oxygens (including phenoxy) is 1. The number of hydrogen-bond acceptors (Lipinski definition) is 3. The van der Waals surface area contributed by atoms with Crippen molar-refractivity contribution in [2.24, 2.45) is 0 Å². The van der Waals surface area contributed by atoms with Crippen LogP contribution in [0.2, 0.25) is 0 Å². The van der Waals surface area contributed by atoms with Crippen LogP contribution in [0.1, 0.15) is 17.2 Å². The lowest BCUT2D eigenvalue weighted by Crippen LogP contribution is -2.32. The minimum Gasteiger partial charge on any atom is -0.508 e. The van der Waals surface area contributed by atoms with Gasteiger partial charge in [-0.25, -0.2) is 0 Å². The van der Waals surface area contributed by atoms with E-state index in [4.69, 9.17) is 4.74 Å². The van der Waals surface area contributed by atoms with Crippen LogP contribution in [0.5, 0.6) is 11.5 Å². The molecule has 0 bridgehead atoms. The van der Waals surface area contributed by atoms with E-state index in [-0.39, 0.29) is 18.3 Å². The number of nitrogens with one attached hydrogen (secondary N) is 1. The Hall–Kier alpha value is -4.05. The molecule has 0 spiro atoms. The standard InChI is InChI=1S/C27H23NO3/c29-25-18-16-21-11-7-8-14-23(21)27(25)24(17-15-20-9-3-1-4-10-20)28-26(30)19-31-22-12-5-2-6-13-22/h1-18,24,29H,19H2,(H,28,30). The second-order valence-electron chi connectivity index (χ2n) is 7.14. The van der Waals surface area contributed by atoms with Crippen molar-refractivity contribution in [1.82, 2.24) is 5.32 Å². The molecule has 0 saturated carbocycles. The summed E-state index contributed by atoms with van der Waals surface area (Å²) in [6.45, 7) is -0.120. The van der Waals surface area contributed by atoms with E-state index in [0.717, 1.165) is 16.3 Å². The number of hydrogen-bond donors (Lipinski definition) is 2. The second-order valence-corrected chi connectivity index (χ2v) is 7.14. The predicted molar refractivity (Wildman–Crippen MR) is 124 cm³/mol. The van der Waals surface area contributed by atoms with Crippen molar-refractivity contribution in [3.05, 3.63) is 114 Å². The summed E-state index contributed by atoms with van der Waals surface area (Å²) in [5.74, 6) is 0.478. The Morgan fingerprint density at radius 3 is 2.32 bits per heavy atom. The number of benzene rings is 4. The van der Waals surface area contributed by atoms with Crippen molar-refractivity contribution in [3.63, 3.8) is 0 Å². The van der Waals surface area contributed by atoms with E-state index in [0.29, 0.717) is 11.3 Å². The van der Waals surface area contributed by atoms with Gasteiger partial charge in [-0.2, -0.15) is 0 Å². The Balaban J connectivity index is 1.63. The quantitative estimate of drug-likeness (QED) is 0.424. The Labute approximate surface area is 181 Å². The first-order chi connectivity index (χ1) is 15.2. The van der Waals surface area contributed by atoms with E-state index >= 15 is 0 Å². The molecule has 31 heavy (non-hydrogen) atoms. The maximum Gasteiger partial charge on any atom is 0.258 e. The van der Waals surface area contributed by atoms with E-state index < -0.39 is 6.04 Å². The van der Waals surface area contributed by atoms with Crippen molar-refractivity contribution in [3.8, 4) is 11.5 Å². The Kier molecular flexibility index (Phi) is 6.29. The van der Waals surface area contributed by atoms with Gasteiger partial charge in [0.15, 0.2) is 6.61 Å². The number of carbonyl (C=O) groups excluding carboxylic acids is 1. The summed E-state index contributed by atoms with van der Waals surface area (Å²) in [6.07, 6.45) is 3.82. The first-order valence-electron chi connectivity index (χ1n) is 10.1. The summed E-state index contributed by atoms with van der Waals surface area (Å²) in [4.78, 5) is 12.7. The van der Waals surface area contributed by atoms with Crippen LogP contribution in [0.4, 0.5) is 0 Å². The Morgan fingerprint density at radius 2 is 1.55 bits per heavy atom. The smallest absolute Gasteiger partial charge is 0.258 e. The van der Waals surface area contributed by atoms with Gasteiger partial charge in [-0.1, -0.05) is 91.0 Å². The summed E-state index contributed by atoms with van der Waals surface area (Å²) >= 11 is 0. The zero-order valence-electron chi connectivity index (χ0n) is 16.9. The number of amides is 1. The summed E-state index contributed by atoms with van der Waals surface area (Å²) in [5, 5.41) is 15.5. The second kappa shape index (κ2) is 9.63. The number of aromatic hydroxyl groups is 1. The lowest BCUT2D eigenvalue weighted by molar-refractivity contribution is -0.123. The topological polar surface area (TPSA) is 58.6 Å². The fraction of sp³-hybridized carbons (Fsp3) is 0.0741. The van der Waals surface area contributed by atoms with Crippen molar-refractivity contribution in [2.75, 3.05) is 6.61 Å². The molecule has 1 unspecified atom stereocenters. The van der Waals surface area contributed by atoms with Gasteiger partial charge in [0.1, 0.15) is 11.5 Å². The fourth-order valence-corrected chi connectivity index (χ4v) is 3.48. The predicted octanol–water partition coefficient (Wildman–Crippen LogP) is 5.50. The molecule has 0 saturated heterocycles. The minimum atomic E-state index is -0.529. The highest BCUT2D eigenvalue weighted by atomic mass is 16.5. The molecule has 154 valence electrons. The molecular weight excluding hydrogens is 386 g/mol. The molecule has 4 aromatic rings. The van der Waals surface area contributed by atoms with Crippen LogP contribution in [-0.4, -0.2) is 17.6 Å². The largest absolute Gasteiger partial charge is 0.508 e. The van der Waals surface area contributed by atoms with Gasteiger partial charge in [0.2, 0.25) is 0 Å². The molecule has 4 rings (SSSR count). The number of phenols is 1. The average Bonchev–Trinajstić information content (AvgIpc) is 2.82. The van der Waals surface area contributed by atoms with E-state index in [2.05, 4.69) is 5.32 Å². The minimum absolute atomic E-state index is 0.120. The van der Waals surface area contributed by atoms with Crippen molar-refractivity contribution < 1.29 is 14.6 Å². The number of fused-ring (bicyclic) bond motifs is 1. The third-order valence-corrected chi connectivity index (χ3v) is 4.97. The summed E-state index contributed by atoms with van der Waals surface area (Å²) in [6, 6.07) is 29.8. The maximum atomic E-state index is 12.7. The third-order valence-electron chi connectivity index (χ3n) is 4.97. The first kappa shape index (κ1) is 20.2. The van der Waals surface area contributed by atoms with Gasteiger partial charge >= 0.3 is 0 Å². The highest BCUT2D eigenvalue weighted by Gasteiger charge is 2.19. The molecule has 0 aliphatic rings.